The number of hydrogen-bond donors (Lipinski definition) is 0. The molecule has 0 unspecified atom stereocenters. The van der Waals surface area contributed by atoms with E-state index in [1.807, 2.05) is 62.4 Å². The molecule has 0 aliphatic carbocycles. The third-order valence-corrected chi connectivity index (χ3v) is 3.44. The molecule has 0 amide bonds. The van der Waals surface area contributed by atoms with Gasteiger partial charge in [0.25, 0.3) is 5.91 Å². The molecule has 3 rings (SSSR count). The molecule has 0 spiro atoms. The molecule has 1 heterocycles. The lowest BCUT2D eigenvalue weighted by molar-refractivity contribution is 0.0942. The average molecular weight is 276 g/mol. The Hall–Kier alpha value is -2.68. The number of hydrogen-bond acceptors (Lipinski definition) is 2. The van der Waals surface area contributed by atoms with Gasteiger partial charge in [0.2, 0.25) is 0 Å². The zero-order chi connectivity index (χ0) is 14.8. The van der Waals surface area contributed by atoms with Gasteiger partial charge in [0.15, 0.2) is 0 Å². The summed E-state index contributed by atoms with van der Waals surface area (Å²) < 4.78 is 1.45. The summed E-state index contributed by atoms with van der Waals surface area (Å²) in [4.78, 5) is 12.4. The summed E-state index contributed by atoms with van der Waals surface area (Å²) in [5.41, 5.74) is 4.58. The normalized spacial score (nSPS) is 10.6. The lowest BCUT2D eigenvalue weighted by Gasteiger charge is -2.05. The van der Waals surface area contributed by atoms with E-state index < -0.39 is 0 Å². The maximum atomic E-state index is 12.4. The molecular formula is C18H16N2O. The van der Waals surface area contributed by atoms with Gasteiger partial charge in [0.05, 0.1) is 5.69 Å². The Bertz CT molecular complexity index is 771. The summed E-state index contributed by atoms with van der Waals surface area (Å²) >= 11 is 0. The van der Waals surface area contributed by atoms with Crippen LogP contribution in [0.1, 0.15) is 21.7 Å². The van der Waals surface area contributed by atoms with Gasteiger partial charge in [-0.3, -0.25) is 4.79 Å². The third-order valence-electron chi connectivity index (χ3n) is 3.44. The highest BCUT2D eigenvalue weighted by Crippen LogP contribution is 2.19. The Balaban J connectivity index is 1.91. The predicted octanol–water partition coefficient (Wildman–Crippen LogP) is 3.86. The summed E-state index contributed by atoms with van der Waals surface area (Å²) in [5.74, 6) is -0.0970. The summed E-state index contributed by atoms with van der Waals surface area (Å²) in [5, 5.41) is 4.23. The molecule has 104 valence electrons. The Morgan fingerprint density at radius 2 is 1.52 bits per heavy atom. The van der Waals surface area contributed by atoms with Gasteiger partial charge in [-0.1, -0.05) is 42.5 Å². The molecule has 0 saturated heterocycles. The van der Waals surface area contributed by atoms with E-state index in [9.17, 15) is 4.79 Å². The first-order chi connectivity index (χ1) is 10.1. The van der Waals surface area contributed by atoms with Gasteiger partial charge in [-0.2, -0.15) is 5.10 Å². The smallest absolute Gasteiger partial charge is 0.267 e. The molecule has 3 aromatic rings. The number of carbonyl (C=O) groups is 1. The van der Waals surface area contributed by atoms with E-state index in [2.05, 4.69) is 17.2 Å². The first-order valence-corrected chi connectivity index (χ1v) is 6.88. The van der Waals surface area contributed by atoms with Gasteiger partial charge in [0.1, 0.15) is 0 Å². The summed E-state index contributed by atoms with van der Waals surface area (Å²) in [6, 6.07) is 19.6. The van der Waals surface area contributed by atoms with Crippen molar-refractivity contribution in [3.63, 3.8) is 0 Å². The monoisotopic (exact) mass is 276 g/mol. The van der Waals surface area contributed by atoms with Crippen LogP contribution in [-0.4, -0.2) is 15.7 Å². The fourth-order valence-corrected chi connectivity index (χ4v) is 2.39. The Morgan fingerprint density at radius 1 is 0.905 bits per heavy atom. The van der Waals surface area contributed by atoms with Gasteiger partial charge in [-0.15, -0.1) is 0 Å². The summed E-state index contributed by atoms with van der Waals surface area (Å²) in [7, 11) is 0. The van der Waals surface area contributed by atoms with E-state index in [4.69, 9.17) is 0 Å². The average Bonchev–Trinajstić information content (AvgIpc) is 2.86. The van der Waals surface area contributed by atoms with Crippen LogP contribution in [0.4, 0.5) is 0 Å². The molecule has 1 aromatic heterocycles. The van der Waals surface area contributed by atoms with Crippen LogP contribution in [0.25, 0.3) is 11.1 Å². The van der Waals surface area contributed by atoms with E-state index in [1.165, 1.54) is 4.68 Å². The largest absolute Gasteiger partial charge is 0.278 e. The van der Waals surface area contributed by atoms with Gasteiger partial charge >= 0.3 is 0 Å². The molecule has 0 bridgehead atoms. The Morgan fingerprint density at radius 3 is 2.10 bits per heavy atom. The van der Waals surface area contributed by atoms with Gasteiger partial charge < -0.3 is 0 Å². The second-order valence-corrected chi connectivity index (χ2v) is 5.09. The molecule has 3 nitrogen and oxygen atoms in total. The number of aromatic nitrogens is 2. The van der Waals surface area contributed by atoms with Crippen molar-refractivity contribution in [1.29, 1.82) is 0 Å². The van der Waals surface area contributed by atoms with Gasteiger partial charge in [-0.25, -0.2) is 4.68 Å². The second-order valence-electron chi connectivity index (χ2n) is 5.09. The van der Waals surface area contributed by atoms with Crippen molar-refractivity contribution in [3.8, 4) is 11.1 Å². The number of carbonyl (C=O) groups excluding carboxylic acids is 1. The van der Waals surface area contributed by atoms with Crippen molar-refractivity contribution in [2.45, 2.75) is 13.8 Å². The van der Waals surface area contributed by atoms with Crippen molar-refractivity contribution < 1.29 is 4.79 Å². The van der Waals surface area contributed by atoms with E-state index in [1.54, 1.807) is 0 Å². The molecule has 0 saturated carbocycles. The number of aryl methyl sites for hydroxylation is 2. The minimum atomic E-state index is -0.0970. The zero-order valence-electron chi connectivity index (χ0n) is 12.1. The Kier molecular flexibility index (Phi) is 3.40. The van der Waals surface area contributed by atoms with Crippen LogP contribution in [-0.2, 0) is 0 Å². The molecule has 2 aromatic carbocycles. The highest BCUT2D eigenvalue weighted by molar-refractivity contribution is 5.96. The van der Waals surface area contributed by atoms with Gasteiger partial charge in [0, 0.05) is 11.3 Å². The summed E-state index contributed by atoms with van der Waals surface area (Å²) in [6.45, 7) is 3.77. The van der Waals surface area contributed by atoms with Crippen LogP contribution < -0.4 is 0 Å². The van der Waals surface area contributed by atoms with Crippen LogP contribution in [0, 0.1) is 13.8 Å². The second kappa shape index (κ2) is 5.37. The highest BCUT2D eigenvalue weighted by atomic mass is 16.2. The molecule has 0 atom stereocenters. The van der Waals surface area contributed by atoms with Crippen molar-refractivity contribution in [2.24, 2.45) is 0 Å². The fourth-order valence-electron chi connectivity index (χ4n) is 2.39. The van der Waals surface area contributed by atoms with Crippen LogP contribution in [0.15, 0.2) is 60.7 Å². The minimum absolute atomic E-state index is 0.0970. The van der Waals surface area contributed by atoms with Crippen molar-refractivity contribution in [3.05, 3.63) is 77.6 Å². The summed E-state index contributed by atoms with van der Waals surface area (Å²) in [6.07, 6.45) is 0. The molecule has 0 radical (unpaired) electrons. The van der Waals surface area contributed by atoms with E-state index in [0.29, 0.717) is 5.56 Å². The van der Waals surface area contributed by atoms with Crippen LogP contribution in [0.5, 0.6) is 0 Å². The number of benzene rings is 2. The Labute approximate surface area is 123 Å². The lowest BCUT2D eigenvalue weighted by atomic mass is 10.0. The molecule has 3 heteroatoms. The highest BCUT2D eigenvalue weighted by Gasteiger charge is 2.12. The zero-order valence-corrected chi connectivity index (χ0v) is 12.1. The van der Waals surface area contributed by atoms with E-state index >= 15 is 0 Å². The molecule has 0 N–H and O–H groups in total. The maximum Gasteiger partial charge on any atom is 0.278 e. The van der Waals surface area contributed by atoms with Crippen LogP contribution in [0.3, 0.4) is 0 Å². The number of nitrogens with zero attached hydrogens (tertiary/aromatic N) is 2. The fraction of sp³-hybridized carbons (Fsp3) is 0.111. The predicted molar refractivity (Wildman–Crippen MR) is 83.3 cm³/mol. The van der Waals surface area contributed by atoms with Gasteiger partial charge in [-0.05, 0) is 43.2 Å². The first-order valence-electron chi connectivity index (χ1n) is 6.88. The van der Waals surface area contributed by atoms with E-state index in [-0.39, 0.29) is 5.91 Å². The maximum absolute atomic E-state index is 12.4. The quantitative estimate of drug-likeness (QED) is 0.712. The van der Waals surface area contributed by atoms with Crippen LogP contribution in [0.2, 0.25) is 0 Å². The molecule has 0 aliphatic rings. The van der Waals surface area contributed by atoms with Crippen molar-refractivity contribution in [1.82, 2.24) is 9.78 Å². The first kappa shape index (κ1) is 13.3. The lowest BCUT2D eigenvalue weighted by Crippen LogP contribution is -2.15. The van der Waals surface area contributed by atoms with E-state index in [0.717, 1.165) is 22.5 Å². The minimum Gasteiger partial charge on any atom is -0.267 e. The molecule has 0 aliphatic heterocycles. The van der Waals surface area contributed by atoms with Crippen molar-refractivity contribution >= 4 is 5.91 Å². The van der Waals surface area contributed by atoms with Crippen LogP contribution >= 0.6 is 0 Å². The molecule has 0 fully saturated rings. The topological polar surface area (TPSA) is 34.9 Å². The SMILES string of the molecule is Cc1cc(C)n(C(=O)c2ccc(-c3ccccc3)cc2)n1. The molecule has 21 heavy (non-hydrogen) atoms. The van der Waals surface area contributed by atoms with Crippen molar-refractivity contribution in [2.75, 3.05) is 0 Å². The standard InChI is InChI=1S/C18H16N2O/c1-13-12-14(2)20(19-13)18(21)17-10-8-16(9-11-17)15-6-4-3-5-7-15/h3-12H,1-2H3. The number of rotatable bonds is 2. The molecular weight excluding hydrogens is 260 g/mol. The third kappa shape index (κ3) is 2.63.